The second-order valence-corrected chi connectivity index (χ2v) is 4.81. The van der Waals surface area contributed by atoms with Gasteiger partial charge in [-0.25, -0.2) is 4.98 Å². The van der Waals surface area contributed by atoms with Crippen LogP contribution in [0.5, 0.6) is 0 Å². The third kappa shape index (κ3) is 1.42. The van der Waals surface area contributed by atoms with Gasteiger partial charge < -0.3 is 5.73 Å². The summed E-state index contributed by atoms with van der Waals surface area (Å²) in [4.78, 5) is 4.62. The molecule has 0 unspecified atom stereocenters. The van der Waals surface area contributed by atoms with E-state index in [9.17, 15) is 0 Å². The number of imidazole rings is 1. The fourth-order valence-electron chi connectivity index (χ4n) is 2.62. The maximum absolute atomic E-state index is 7.58. The van der Waals surface area contributed by atoms with E-state index in [1.54, 1.807) is 0 Å². The Labute approximate surface area is 115 Å². The van der Waals surface area contributed by atoms with Gasteiger partial charge in [-0.1, -0.05) is 18.2 Å². The molecule has 4 aromatic rings. The van der Waals surface area contributed by atoms with E-state index in [1.807, 2.05) is 36.4 Å². The molecule has 0 saturated heterocycles. The highest BCUT2D eigenvalue weighted by Gasteiger charge is 2.08. The Balaban J connectivity index is 2.25. The van der Waals surface area contributed by atoms with Gasteiger partial charge in [-0.05, 0) is 41.8 Å². The lowest BCUT2D eigenvalue weighted by molar-refractivity contribution is 1.30. The van der Waals surface area contributed by atoms with Crippen molar-refractivity contribution in [3.63, 3.8) is 0 Å². The van der Waals surface area contributed by atoms with Gasteiger partial charge in [0, 0.05) is 5.56 Å². The molecule has 0 amide bonds. The zero-order chi connectivity index (χ0) is 13.7. The molecule has 20 heavy (non-hydrogen) atoms. The lowest BCUT2D eigenvalue weighted by Gasteiger charge is -2.03. The molecule has 0 aliphatic carbocycles. The zero-order valence-corrected chi connectivity index (χ0v) is 10.7. The number of nitrogens with zero attached hydrogens (tertiary/aromatic N) is 2. The number of hydrogen-bond acceptors (Lipinski definition) is 2. The van der Waals surface area contributed by atoms with Crippen molar-refractivity contribution in [3.05, 3.63) is 60.2 Å². The first-order valence-electron chi connectivity index (χ1n) is 6.38. The first-order valence-corrected chi connectivity index (χ1v) is 6.38. The van der Waals surface area contributed by atoms with Crippen molar-refractivity contribution in [1.82, 2.24) is 9.38 Å². The SMILES string of the molecule is N=C(N)c1ccc2nc3ccc4ccccc4n3c2c1. The molecule has 0 fully saturated rings. The summed E-state index contributed by atoms with van der Waals surface area (Å²) in [5, 5.41) is 8.74. The Morgan fingerprint density at radius 1 is 1.00 bits per heavy atom. The van der Waals surface area contributed by atoms with Gasteiger partial charge in [-0.3, -0.25) is 9.81 Å². The smallest absolute Gasteiger partial charge is 0.138 e. The highest BCUT2D eigenvalue weighted by Crippen LogP contribution is 2.23. The lowest BCUT2D eigenvalue weighted by Crippen LogP contribution is -2.10. The van der Waals surface area contributed by atoms with Gasteiger partial charge >= 0.3 is 0 Å². The molecule has 0 radical (unpaired) electrons. The first kappa shape index (κ1) is 11.0. The fraction of sp³-hybridized carbons (Fsp3) is 0. The fourth-order valence-corrected chi connectivity index (χ4v) is 2.62. The van der Waals surface area contributed by atoms with Crippen LogP contribution in [-0.2, 0) is 0 Å². The molecule has 4 nitrogen and oxygen atoms in total. The van der Waals surface area contributed by atoms with Crippen LogP contribution in [0.4, 0.5) is 0 Å². The van der Waals surface area contributed by atoms with Crippen molar-refractivity contribution in [3.8, 4) is 0 Å². The van der Waals surface area contributed by atoms with E-state index in [4.69, 9.17) is 11.1 Å². The van der Waals surface area contributed by atoms with Crippen molar-refractivity contribution in [2.24, 2.45) is 5.73 Å². The number of nitrogens with one attached hydrogen (secondary N) is 1. The molecular weight excluding hydrogens is 248 g/mol. The average Bonchev–Trinajstić information content (AvgIpc) is 2.85. The summed E-state index contributed by atoms with van der Waals surface area (Å²) in [6.07, 6.45) is 0. The number of pyridine rings is 1. The Bertz CT molecular complexity index is 982. The minimum atomic E-state index is 0.0714. The molecule has 4 heteroatoms. The number of nitrogens with two attached hydrogens (primary N) is 1. The molecule has 96 valence electrons. The van der Waals surface area contributed by atoms with Crippen LogP contribution in [0.25, 0.3) is 27.6 Å². The van der Waals surface area contributed by atoms with Crippen LogP contribution in [0, 0.1) is 5.41 Å². The Hall–Kier alpha value is -2.88. The average molecular weight is 260 g/mol. The van der Waals surface area contributed by atoms with Gasteiger partial charge in [0.1, 0.15) is 11.5 Å². The summed E-state index contributed by atoms with van der Waals surface area (Å²) in [7, 11) is 0. The van der Waals surface area contributed by atoms with Crippen molar-refractivity contribution in [2.75, 3.05) is 0 Å². The zero-order valence-electron chi connectivity index (χ0n) is 10.7. The van der Waals surface area contributed by atoms with E-state index in [-0.39, 0.29) is 5.84 Å². The standard InChI is InChI=1S/C16H12N4/c17-16(18)11-5-7-12-14(9-11)20-13-4-2-1-3-10(13)6-8-15(20)19-12/h1-9H,(H3,17,18). The number of rotatable bonds is 1. The summed E-state index contributed by atoms with van der Waals surface area (Å²) in [6.45, 7) is 0. The minimum absolute atomic E-state index is 0.0714. The summed E-state index contributed by atoms with van der Waals surface area (Å²) >= 11 is 0. The third-order valence-corrected chi connectivity index (χ3v) is 3.58. The number of aromatic nitrogens is 2. The minimum Gasteiger partial charge on any atom is -0.384 e. The molecule has 2 aromatic heterocycles. The maximum Gasteiger partial charge on any atom is 0.138 e. The monoisotopic (exact) mass is 260 g/mol. The van der Waals surface area contributed by atoms with Gasteiger partial charge in [0.15, 0.2) is 0 Å². The molecule has 2 heterocycles. The van der Waals surface area contributed by atoms with E-state index >= 15 is 0 Å². The van der Waals surface area contributed by atoms with E-state index < -0.39 is 0 Å². The number of nitrogen functional groups attached to an aromatic ring is 1. The van der Waals surface area contributed by atoms with E-state index in [0.717, 1.165) is 27.6 Å². The number of hydrogen-bond donors (Lipinski definition) is 2. The van der Waals surface area contributed by atoms with Crippen molar-refractivity contribution in [1.29, 1.82) is 5.41 Å². The summed E-state index contributed by atoms with van der Waals surface area (Å²) in [6, 6.07) is 17.9. The molecule has 0 bridgehead atoms. The predicted molar refractivity (Wildman–Crippen MR) is 81.2 cm³/mol. The molecular formula is C16H12N4. The van der Waals surface area contributed by atoms with Crippen LogP contribution >= 0.6 is 0 Å². The van der Waals surface area contributed by atoms with E-state index in [2.05, 4.69) is 27.6 Å². The summed E-state index contributed by atoms with van der Waals surface area (Å²) < 4.78 is 2.11. The van der Waals surface area contributed by atoms with Crippen LogP contribution in [0.3, 0.4) is 0 Å². The van der Waals surface area contributed by atoms with Gasteiger partial charge in [0.05, 0.1) is 16.6 Å². The molecule has 0 saturated carbocycles. The summed E-state index contributed by atoms with van der Waals surface area (Å²) in [5.41, 5.74) is 10.2. The molecule has 0 aliphatic heterocycles. The molecule has 0 spiro atoms. The Morgan fingerprint density at radius 2 is 1.85 bits per heavy atom. The number of amidine groups is 1. The summed E-state index contributed by atoms with van der Waals surface area (Å²) in [5.74, 6) is 0.0714. The molecule has 0 atom stereocenters. The second kappa shape index (κ2) is 3.81. The van der Waals surface area contributed by atoms with E-state index in [0.29, 0.717) is 5.56 Å². The number of fused-ring (bicyclic) bond motifs is 5. The van der Waals surface area contributed by atoms with E-state index in [1.165, 1.54) is 0 Å². The van der Waals surface area contributed by atoms with Gasteiger partial charge in [0.25, 0.3) is 0 Å². The molecule has 3 N–H and O–H groups in total. The number of benzene rings is 2. The largest absolute Gasteiger partial charge is 0.384 e. The molecule has 2 aromatic carbocycles. The quantitative estimate of drug-likeness (QED) is 0.408. The van der Waals surface area contributed by atoms with Crippen molar-refractivity contribution >= 4 is 33.4 Å². The highest BCUT2D eigenvalue weighted by atomic mass is 15.0. The van der Waals surface area contributed by atoms with Crippen LogP contribution in [0.15, 0.2) is 54.6 Å². The topological polar surface area (TPSA) is 67.2 Å². The van der Waals surface area contributed by atoms with Crippen LogP contribution in [0.2, 0.25) is 0 Å². The van der Waals surface area contributed by atoms with Gasteiger partial charge in [-0.15, -0.1) is 0 Å². The molecule has 0 aliphatic rings. The predicted octanol–water partition coefficient (Wildman–Crippen LogP) is 2.92. The Kier molecular flexibility index (Phi) is 2.09. The number of para-hydroxylation sites is 1. The van der Waals surface area contributed by atoms with Gasteiger partial charge in [0.2, 0.25) is 0 Å². The second-order valence-electron chi connectivity index (χ2n) is 4.81. The van der Waals surface area contributed by atoms with Crippen molar-refractivity contribution in [2.45, 2.75) is 0 Å². The first-order chi connectivity index (χ1) is 9.74. The van der Waals surface area contributed by atoms with Crippen molar-refractivity contribution < 1.29 is 0 Å². The van der Waals surface area contributed by atoms with Crippen LogP contribution in [-0.4, -0.2) is 15.2 Å². The van der Waals surface area contributed by atoms with Crippen LogP contribution < -0.4 is 5.73 Å². The lowest BCUT2D eigenvalue weighted by atomic mass is 10.2. The third-order valence-electron chi connectivity index (χ3n) is 3.58. The van der Waals surface area contributed by atoms with Crippen LogP contribution in [0.1, 0.15) is 5.56 Å². The maximum atomic E-state index is 7.58. The Morgan fingerprint density at radius 3 is 2.70 bits per heavy atom. The highest BCUT2D eigenvalue weighted by molar-refractivity contribution is 5.99. The normalized spacial score (nSPS) is 11.4. The molecule has 4 rings (SSSR count). The van der Waals surface area contributed by atoms with Gasteiger partial charge in [-0.2, -0.15) is 0 Å².